The summed E-state index contributed by atoms with van der Waals surface area (Å²) in [5.41, 5.74) is 0.982. The molecule has 0 N–H and O–H groups in total. The molecule has 2 aromatic rings. The van der Waals surface area contributed by atoms with Gasteiger partial charge in [-0.1, -0.05) is 5.16 Å². The number of ether oxygens (including phenoxy) is 3. The molecule has 1 aliphatic rings. The van der Waals surface area contributed by atoms with Crippen molar-refractivity contribution in [3.63, 3.8) is 0 Å². The standard InChI is InChI=1S/C13H11NO5/c1-8-4-10(14-19-8)6-16-13(15)9-2-3-11-12(5-9)18-7-17-11/h2-5H,6-7H2,1H3. The Morgan fingerprint density at radius 1 is 1.32 bits per heavy atom. The van der Waals surface area contributed by atoms with Gasteiger partial charge in [-0.15, -0.1) is 0 Å². The second-order valence-electron chi connectivity index (χ2n) is 4.07. The minimum atomic E-state index is -0.445. The summed E-state index contributed by atoms with van der Waals surface area (Å²) >= 11 is 0. The van der Waals surface area contributed by atoms with Crippen molar-refractivity contribution in [1.82, 2.24) is 5.16 Å². The first-order chi connectivity index (χ1) is 9.22. The van der Waals surface area contributed by atoms with Gasteiger partial charge in [0.2, 0.25) is 6.79 Å². The first kappa shape index (κ1) is 11.6. The van der Waals surface area contributed by atoms with E-state index in [0.29, 0.717) is 28.5 Å². The predicted octanol–water partition coefficient (Wildman–Crippen LogP) is 2.07. The first-order valence-corrected chi connectivity index (χ1v) is 5.71. The number of hydrogen-bond donors (Lipinski definition) is 0. The van der Waals surface area contributed by atoms with Gasteiger partial charge in [0.25, 0.3) is 0 Å². The van der Waals surface area contributed by atoms with Gasteiger partial charge >= 0.3 is 5.97 Å². The van der Waals surface area contributed by atoms with Crippen molar-refractivity contribution in [2.75, 3.05) is 6.79 Å². The molecular formula is C13H11NO5. The van der Waals surface area contributed by atoms with E-state index in [2.05, 4.69) is 5.16 Å². The molecule has 0 spiro atoms. The van der Waals surface area contributed by atoms with Crippen LogP contribution >= 0.6 is 0 Å². The summed E-state index contributed by atoms with van der Waals surface area (Å²) in [5, 5.41) is 3.74. The molecule has 1 aromatic carbocycles. The topological polar surface area (TPSA) is 70.8 Å². The molecule has 1 aliphatic heterocycles. The Morgan fingerprint density at radius 3 is 2.95 bits per heavy atom. The van der Waals surface area contributed by atoms with Crippen LogP contribution in [0, 0.1) is 6.92 Å². The molecule has 0 aliphatic carbocycles. The van der Waals surface area contributed by atoms with Crippen molar-refractivity contribution in [3.8, 4) is 11.5 Å². The molecule has 6 heteroatoms. The highest BCUT2D eigenvalue weighted by Gasteiger charge is 2.17. The molecule has 0 bridgehead atoms. The van der Waals surface area contributed by atoms with Gasteiger partial charge in [0.15, 0.2) is 11.5 Å². The maximum absolute atomic E-state index is 11.8. The molecule has 19 heavy (non-hydrogen) atoms. The van der Waals surface area contributed by atoms with E-state index in [1.54, 1.807) is 31.2 Å². The molecule has 6 nitrogen and oxygen atoms in total. The normalized spacial score (nSPS) is 12.5. The van der Waals surface area contributed by atoms with Gasteiger partial charge in [-0.2, -0.15) is 0 Å². The smallest absolute Gasteiger partial charge is 0.338 e. The van der Waals surface area contributed by atoms with Crippen LogP contribution in [0.25, 0.3) is 0 Å². The molecule has 0 unspecified atom stereocenters. The van der Waals surface area contributed by atoms with Gasteiger partial charge in [-0.25, -0.2) is 4.79 Å². The largest absolute Gasteiger partial charge is 0.455 e. The summed E-state index contributed by atoms with van der Waals surface area (Å²) in [4.78, 5) is 11.8. The van der Waals surface area contributed by atoms with Gasteiger partial charge in [-0.3, -0.25) is 0 Å². The number of esters is 1. The quantitative estimate of drug-likeness (QED) is 0.788. The van der Waals surface area contributed by atoms with Crippen LogP contribution in [0.3, 0.4) is 0 Å². The number of rotatable bonds is 3. The first-order valence-electron chi connectivity index (χ1n) is 5.71. The van der Waals surface area contributed by atoms with Crippen LogP contribution in [0.4, 0.5) is 0 Å². The van der Waals surface area contributed by atoms with E-state index >= 15 is 0 Å². The molecule has 2 heterocycles. The maximum Gasteiger partial charge on any atom is 0.338 e. The monoisotopic (exact) mass is 261 g/mol. The van der Waals surface area contributed by atoms with Crippen LogP contribution in [-0.4, -0.2) is 17.9 Å². The van der Waals surface area contributed by atoms with Gasteiger partial charge in [0.1, 0.15) is 18.1 Å². The van der Waals surface area contributed by atoms with Crippen LogP contribution in [0.15, 0.2) is 28.8 Å². The van der Waals surface area contributed by atoms with Crippen LogP contribution in [0.2, 0.25) is 0 Å². The third-order valence-corrected chi connectivity index (χ3v) is 2.64. The molecule has 0 atom stereocenters. The third-order valence-electron chi connectivity index (χ3n) is 2.64. The minimum absolute atomic E-state index is 0.0740. The highest BCUT2D eigenvalue weighted by molar-refractivity contribution is 5.90. The van der Waals surface area contributed by atoms with Crippen molar-refractivity contribution in [3.05, 3.63) is 41.3 Å². The van der Waals surface area contributed by atoms with Crippen LogP contribution in [-0.2, 0) is 11.3 Å². The summed E-state index contributed by atoms with van der Waals surface area (Å²) in [7, 11) is 0. The van der Waals surface area contributed by atoms with Gasteiger partial charge < -0.3 is 18.7 Å². The SMILES string of the molecule is Cc1cc(COC(=O)c2ccc3c(c2)OCO3)no1. The average molecular weight is 261 g/mol. The highest BCUT2D eigenvalue weighted by Crippen LogP contribution is 2.32. The highest BCUT2D eigenvalue weighted by atomic mass is 16.7. The van der Waals surface area contributed by atoms with E-state index in [4.69, 9.17) is 18.7 Å². The molecule has 0 amide bonds. The fourth-order valence-corrected chi connectivity index (χ4v) is 1.73. The Kier molecular flexibility index (Phi) is 2.83. The number of carbonyl (C=O) groups is 1. The average Bonchev–Trinajstić information content (AvgIpc) is 3.03. The summed E-state index contributed by atoms with van der Waals surface area (Å²) in [5.74, 6) is 1.41. The zero-order valence-corrected chi connectivity index (χ0v) is 10.2. The molecule has 0 radical (unpaired) electrons. The summed E-state index contributed by atoms with van der Waals surface area (Å²) in [6.07, 6.45) is 0. The second kappa shape index (κ2) is 4.64. The predicted molar refractivity (Wildman–Crippen MR) is 62.9 cm³/mol. The van der Waals surface area contributed by atoms with E-state index in [0.717, 1.165) is 0 Å². The zero-order valence-electron chi connectivity index (χ0n) is 10.2. The summed E-state index contributed by atoms with van der Waals surface area (Å²) in [6, 6.07) is 6.62. The Bertz CT molecular complexity index is 619. The Balaban J connectivity index is 1.67. The summed E-state index contributed by atoms with van der Waals surface area (Å²) < 4.78 is 20.4. The molecular weight excluding hydrogens is 250 g/mol. The van der Waals surface area contributed by atoms with E-state index in [1.807, 2.05) is 0 Å². The fourth-order valence-electron chi connectivity index (χ4n) is 1.73. The van der Waals surface area contributed by atoms with E-state index < -0.39 is 5.97 Å². The molecule has 0 saturated heterocycles. The number of benzene rings is 1. The lowest BCUT2D eigenvalue weighted by atomic mass is 10.2. The molecule has 0 fully saturated rings. The molecule has 3 rings (SSSR count). The Hall–Kier alpha value is -2.50. The van der Waals surface area contributed by atoms with E-state index in [9.17, 15) is 4.79 Å². The number of aromatic nitrogens is 1. The lowest BCUT2D eigenvalue weighted by molar-refractivity contribution is 0.0464. The van der Waals surface area contributed by atoms with Crippen LogP contribution < -0.4 is 9.47 Å². The number of nitrogens with zero attached hydrogens (tertiary/aromatic N) is 1. The second-order valence-corrected chi connectivity index (χ2v) is 4.07. The number of hydrogen-bond acceptors (Lipinski definition) is 6. The fraction of sp³-hybridized carbons (Fsp3) is 0.231. The van der Waals surface area contributed by atoms with Crippen molar-refractivity contribution in [1.29, 1.82) is 0 Å². The molecule has 0 saturated carbocycles. The molecule has 1 aromatic heterocycles. The summed E-state index contributed by atoms with van der Waals surface area (Å²) in [6.45, 7) is 2.02. The van der Waals surface area contributed by atoms with Crippen LogP contribution in [0.1, 0.15) is 21.8 Å². The third kappa shape index (κ3) is 2.37. The van der Waals surface area contributed by atoms with Gasteiger partial charge in [-0.05, 0) is 25.1 Å². The molecule has 98 valence electrons. The van der Waals surface area contributed by atoms with Crippen molar-refractivity contribution in [2.24, 2.45) is 0 Å². The number of carbonyl (C=O) groups excluding carboxylic acids is 1. The van der Waals surface area contributed by atoms with Crippen molar-refractivity contribution in [2.45, 2.75) is 13.5 Å². The van der Waals surface area contributed by atoms with Crippen molar-refractivity contribution < 1.29 is 23.5 Å². The maximum atomic E-state index is 11.8. The zero-order chi connectivity index (χ0) is 13.2. The minimum Gasteiger partial charge on any atom is -0.455 e. The van der Waals surface area contributed by atoms with Crippen molar-refractivity contribution >= 4 is 5.97 Å². The number of aryl methyl sites for hydroxylation is 1. The van der Waals surface area contributed by atoms with E-state index in [1.165, 1.54) is 0 Å². The van der Waals surface area contributed by atoms with Gasteiger partial charge in [0, 0.05) is 6.07 Å². The lowest BCUT2D eigenvalue weighted by Gasteiger charge is -2.03. The Morgan fingerprint density at radius 2 is 2.16 bits per heavy atom. The van der Waals surface area contributed by atoms with E-state index in [-0.39, 0.29) is 13.4 Å². The van der Waals surface area contributed by atoms with Gasteiger partial charge in [0.05, 0.1) is 5.56 Å². The number of fused-ring (bicyclic) bond motifs is 1. The van der Waals surface area contributed by atoms with Crippen LogP contribution in [0.5, 0.6) is 11.5 Å². The Labute approximate surface area is 108 Å². The lowest BCUT2D eigenvalue weighted by Crippen LogP contribution is -2.05.